The topological polar surface area (TPSA) is 49.4 Å². The third-order valence-corrected chi connectivity index (χ3v) is 5.54. The van der Waals surface area contributed by atoms with Gasteiger partial charge in [0.25, 0.3) is 0 Å². The number of rotatable bonds is 4. The number of hydrogen-bond acceptors (Lipinski definition) is 3. The van der Waals surface area contributed by atoms with Crippen molar-refractivity contribution in [2.75, 3.05) is 20.1 Å². The Morgan fingerprint density at radius 3 is 2.52 bits per heavy atom. The lowest BCUT2D eigenvalue weighted by molar-refractivity contribution is 0.373. The summed E-state index contributed by atoms with van der Waals surface area (Å²) in [7, 11) is -2.36. The highest BCUT2D eigenvalue weighted by atomic mass is 32.2. The molecule has 0 aliphatic carbocycles. The minimum Gasteiger partial charge on any atom is -0.316 e. The van der Waals surface area contributed by atoms with Crippen molar-refractivity contribution in [2.45, 2.75) is 31.7 Å². The first kappa shape index (κ1) is 16.3. The summed E-state index contributed by atoms with van der Waals surface area (Å²) in [5.41, 5.74) is 0.249. The number of benzene rings is 1. The van der Waals surface area contributed by atoms with Crippen molar-refractivity contribution in [2.24, 2.45) is 5.41 Å². The van der Waals surface area contributed by atoms with Gasteiger partial charge in [0.1, 0.15) is 4.90 Å². The lowest BCUT2D eigenvalue weighted by Gasteiger charge is -2.20. The minimum absolute atomic E-state index is 0.148. The summed E-state index contributed by atoms with van der Waals surface area (Å²) in [6, 6.07) is 2.22. The molecule has 0 aromatic heterocycles. The molecule has 0 saturated carbocycles. The van der Waals surface area contributed by atoms with Gasteiger partial charge in [0, 0.05) is 19.6 Å². The van der Waals surface area contributed by atoms with Crippen LogP contribution in [0, 0.1) is 17.0 Å². The maximum absolute atomic E-state index is 14.0. The van der Waals surface area contributed by atoms with Gasteiger partial charge in [0.2, 0.25) is 10.0 Å². The van der Waals surface area contributed by atoms with Crippen molar-refractivity contribution >= 4 is 10.0 Å². The largest absolute Gasteiger partial charge is 0.316 e. The molecule has 1 aromatic carbocycles. The third-order valence-electron chi connectivity index (χ3n) is 3.70. The summed E-state index contributed by atoms with van der Waals surface area (Å²) in [5.74, 6) is -2.45. The van der Waals surface area contributed by atoms with Crippen LogP contribution in [0.5, 0.6) is 0 Å². The van der Waals surface area contributed by atoms with Crippen molar-refractivity contribution in [3.8, 4) is 0 Å². The molecule has 0 amide bonds. The molecule has 1 N–H and O–H groups in total. The lowest BCUT2D eigenvalue weighted by Crippen LogP contribution is -2.31. The molecule has 118 valence electrons. The van der Waals surface area contributed by atoms with Crippen LogP contribution in [0.3, 0.4) is 0 Å². The smallest absolute Gasteiger partial charge is 0.246 e. The standard InChI is InChI=1S/C14H20F2N2O2S/c1-14(2)4-5-18(9-14)21(19,20)12-7-10(8-17-3)6-11(15)13(12)16/h6-7,17H,4-5,8-9H2,1-3H3. The molecule has 1 aliphatic heterocycles. The maximum Gasteiger partial charge on any atom is 0.246 e. The first-order chi connectivity index (χ1) is 9.67. The number of nitrogens with zero attached hydrogens (tertiary/aromatic N) is 1. The summed E-state index contributed by atoms with van der Waals surface area (Å²) in [6.45, 7) is 4.82. The summed E-state index contributed by atoms with van der Waals surface area (Å²) in [6.07, 6.45) is 0.701. The zero-order chi connectivity index (χ0) is 15.8. The Hall–Kier alpha value is -1.05. The summed E-state index contributed by atoms with van der Waals surface area (Å²) < 4.78 is 53.9. The van der Waals surface area contributed by atoms with Crippen LogP contribution >= 0.6 is 0 Å². The lowest BCUT2D eigenvalue weighted by atomic mass is 9.93. The summed E-state index contributed by atoms with van der Waals surface area (Å²) in [4.78, 5) is -0.578. The molecule has 0 spiro atoms. The summed E-state index contributed by atoms with van der Waals surface area (Å²) in [5, 5.41) is 2.79. The van der Waals surface area contributed by atoms with Crippen LogP contribution in [0.4, 0.5) is 8.78 Å². The molecular formula is C14H20F2N2O2S. The second-order valence-electron chi connectivity index (χ2n) is 6.17. The van der Waals surface area contributed by atoms with Gasteiger partial charge >= 0.3 is 0 Å². The Labute approximate surface area is 124 Å². The normalized spacial score (nSPS) is 19.1. The fourth-order valence-electron chi connectivity index (χ4n) is 2.52. The van der Waals surface area contributed by atoms with E-state index in [0.717, 1.165) is 6.07 Å². The predicted molar refractivity (Wildman–Crippen MR) is 76.3 cm³/mol. The Morgan fingerprint density at radius 1 is 1.33 bits per heavy atom. The highest BCUT2D eigenvalue weighted by molar-refractivity contribution is 7.89. The van der Waals surface area contributed by atoms with E-state index in [0.29, 0.717) is 25.1 Å². The molecule has 4 nitrogen and oxygen atoms in total. The van der Waals surface area contributed by atoms with E-state index >= 15 is 0 Å². The van der Waals surface area contributed by atoms with Gasteiger partial charge in [-0.3, -0.25) is 0 Å². The van der Waals surface area contributed by atoms with E-state index in [1.807, 2.05) is 13.8 Å². The molecule has 0 atom stereocenters. The van der Waals surface area contributed by atoms with Gasteiger partial charge in [-0.25, -0.2) is 17.2 Å². The number of nitrogens with one attached hydrogen (secondary N) is 1. The highest BCUT2D eigenvalue weighted by Gasteiger charge is 2.38. The average molecular weight is 318 g/mol. The molecule has 7 heteroatoms. The number of sulfonamides is 1. The molecule has 1 fully saturated rings. The molecular weight excluding hydrogens is 298 g/mol. The van der Waals surface area contributed by atoms with Gasteiger partial charge in [0.05, 0.1) is 0 Å². The molecule has 2 rings (SSSR count). The number of halogens is 2. The van der Waals surface area contributed by atoms with Crippen molar-refractivity contribution in [3.63, 3.8) is 0 Å². The van der Waals surface area contributed by atoms with Gasteiger partial charge in [-0.05, 0) is 36.6 Å². The van der Waals surface area contributed by atoms with Crippen LogP contribution in [-0.4, -0.2) is 32.9 Å². The quantitative estimate of drug-likeness (QED) is 0.925. The zero-order valence-corrected chi connectivity index (χ0v) is 13.2. The Balaban J connectivity index is 2.45. The van der Waals surface area contributed by atoms with Crippen LogP contribution < -0.4 is 5.32 Å². The first-order valence-corrected chi connectivity index (χ1v) is 8.24. The van der Waals surface area contributed by atoms with Crippen LogP contribution in [0.25, 0.3) is 0 Å². The van der Waals surface area contributed by atoms with Crippen LogP contribution in [0.1, 0.15) is 25.8 Å². The van der Waals surface area contributed by atoms with Crippen molar-refractivity contribution in [3.05, 3.63) is 29.3 Å². The molecule has 1 saturated heterocycles. The maximum atomic E-state index is 14.0. The summed E-state index contributed by atoms with van der Waals surface area (Å²) >= 11 is 0. The minimum atomic E-state index is -4.01. The molecule has 0 unspecified atom stereocenters. The second-order valence-corrected chi connectivity index (χ2v) is 8.08. The van der Waals surface area contributed by atoms with E-state index in [9.17, 15) is 17.2 Å². The van der Waals surface area contributed by atoms with E-state index in [4.69, 9.17) is 0 Å². The monoisotopic (exact) mass is 318 g/mol. The van der Waals surface area contributed by atoms with E-state index < -0.39 is 26.6 Å². The van der Waals surface area contributed by atoms with E-state index in [-0.39, 0.29) is 12.0 Å². The van der Waals surface area contributed by atoms with Crippen molar-refractivity contribution in [1.82, 2.24) is 9.62 Å². The van der Waals surface area contributed by atoms with E-state index in [1.165, 1.54) is 10.4 Å². The Morgan fingerprint density at radius 2 is 2.00 bits per heavy atom. The van der Waals surface area contributed by atoms with E-state index in [2.05, 4.69) is 5.32 Å². The third kappa shape index (κ3) is 3.25. The van der Waals surface area contributed by atoms with Crippen molar-refractivity contribution in [1.29, 1.82) is 0 Å². The Kier molecular flexibility index (Phi) is 4.37. The van der Waals surface area contributed by atoms with Gasteiger partial charge in [-0.1, -0.05) is 13.8 Å². The van der Waals surface area contributed by atoms with E-state index in [1.54, 1.807) is 7.05 Å². The molecule has 1 aliphatic rings. The van der Waals surface area contributed by atoms with Gasteiger partial charge in [-0.15, -0.1) is 0 Å². The molecule has 1 heterocycles. The molecule has 21 heavy (non-hydrogen) atoms. The van der Waals surface area contributed by atoms with Gasteiger partial charge < -0.3 is 5.32 Å². The fourth-order valence-corrected chi connectivity index (χ4v) is 4.27. The second kappa shape index (κ2) is 5.62. The SMILES string of the molecule is CNCc1cc(F)c(F)c(S(=O)(=O)N2CCC(C)(C)C2)c1. The average Bonchev–Trinajstić information content (AvgIpc) is 2.75. The van der Waals surface area contributed by atoms with Crippen LogP contribution in [0.15, 0.2) is 17.0 Å². The zero-order valence-electron chi connectivity index (χ0n) is 12.4. The molecule has 0 bridgehead atoms. The number of hydrogen-bond donors (Lipinski definition) is 1. The van der Waals surface area contributed by atoms with Gasteiger partial charge in [0.15, 0.2) is 11.6 Å². The van der Waals surface area contributed by atoms with Crippen molar-refractivity contribution < 1.29 is 17.2 Å². The fraction of sp³-hybridized carbons (Fsp3) is 0.571. The van der Waals surface area contributed by atoms with Gasteiger partial charge in [-0.2, -0.15) is 4.31 Å². The van der Waals surface area contributed by atoms with Crippen LogP contribution in [-0.2, 0) is 16.6 Å². The van der Waals surface area contributed by atoms with Crippen LogP contribution in [0.2, 0.25) is 0 Å². The molecule has 1 aromatic rings. The highest BCUT2D eigenvalue weighted by Crippen LogP contribution is 2.34. The Bertz CT molecular complexity index is 645. The first-order valence-electron chi connectivity index (χ1n) is 6.80. The predicted octanol–water partition coefficient (Wildman–Crippen LogP) is 2.10. The molecule has 0 radical (unpaired) electrons.